The lowest BCUT2D eigenvalue weighted by molar-refractivity contribution is -0.0521. The van der Waals surface area contributed by atoms with Crippen LogP contribution in [0.4, 0.5) is 30.8 Å². The summed E-state index contributed by atoms with van der Waals surface area (Å²) in [6, 6.07) is 7.03. The van der Waals surface area contributed by atoms with Crippen LogP contribution in [0.2, 0.25) is 0 Å². The molecule has 0 unspecified atom stereocenters. The van der Waals surface area contributed by atoms with E-state index in [1.807, 2.05) is 4.90 Å². The lowest BCUT2D eigenvalue weighted by Crippen LogP contribution is -2.37. The monoisotopic (exact) mass is 418 g/mol. The molecule has 1 N–H and O–H groups in total. The van der Waals surface area contributed by atoms with Crippen LogP contribution in [-0.4, -0.2) is 53.1 Å². The van der Waals surface area contributed by atoms with Gasteiger partial charge in [0.2, 0.25) is 5.95 Å². The number of hydrogen-bond donors (Lipinski definition) is 1. The minimum Gasteiger partial charge on any atom is -0.432 e. The molecule has 0 saturated carbocycles. The molecule has 1 aliphatic rings. The molecule has 0 amide bonds. The fourth-order valence-electron chi connectivity index (χ4n) is 2.92. The number of aromatic nitrogens is 4. The Morgan fingerprint density at radius 2 is 1.90 bits per heavy atom. The summed E-state index contributed by atoms with van der Waals surface area (Å²) < 4.78 is 48.1. The van der Waals surface area contributed by atoms with Gasteiger partial charge in [-0.1, -0.05) is 6.07 Å². The predicted octanol–water partition coefficient (Wildman–Crippen LogP) is 3.25. The molecule has 0 bridgehead atoms. The highest BCUT2D eigenvalue weighted by molar-refractivity contribution is 5.67. The van der Waals surface area contributed by atoms with Gasteiger partial charge in [-0.15, -0.1) is 5.10 Å². The number of ether oxygens (including phenoxy) is 2. The number of hydrogen-bond acceptors (Lipinski definition) is 8. The highest BCUT2D eigenvalue weighted by Crippen LogP contribution is 2.27. The minimum absolute atomic E-state index is 0.382. The van der Waals surface area contributed by atoms with E-state index in [4.69, 9.17) is 4.74 Å². The molecule has 1 fully saturated rings. The summed E-state index contributed by atoms with van der Waals surface area (Å²) in [6.45, 7) is -0.456. The highest BCUT2D eigenvalue weighted by atomic mass is 19.3. The van der Waals surface area contributed by atoms with E-state index in [1.165, 1.54) is 12.3 Å². The lowest BCUT2D eigenvalue weighted by atomic mass is 10.1. The third-order valence-electron chi connectivity index (χ3n) is 4.33. The van der Waals surface area contributed by atoms with Gasteiger partial charge in [0.25, 0.3) is 0 Å². The molecule has 30 heavy (non-hydrogen) atoms. The standard InChI is InChI=1S/C19H17F3N6O2/c20-14-9-12(1-2-15(14)30-18(21)22)13-10-17(27-24-11-13)25-16-3-4-23-19(26-16)28-5-7-29-8-6-28/h1-4,9-11,18H,5-8H2,(H,23,25,26,27). The molecule has 3 heterocycles. The van der Waals surface area contributed by atoms with E-state index in [1.54, 1.807) is 18.3 Å². The van der Waals surface area contributed by atoms with Crippen molar-refractivity contribution in [3.63, 3.8) is 0 Å². The van der Waals surface area contributed by atoms with Gasteiger partial charge in [0.05, 0.1) is 19.4 Å². The van der Waals surface area contributed by atoms with Gasteiger partial charge in [-0.3, -0.25) is 0 Å². The average Bonchev–Trinajstić information content (AvgIpc) is 2.76. The zero-order valence-electron chi connectivity index (χ0n) is 15.6. The minimum atomic E-state index is -3.10. The quantitative estimate of drug-likeness (QED) is 0.653. The molecule has 1 aromatic carbocycles. The van der Waals surface area contributed by atoms with Crippen LogP contribution in [0.1, 0.15) is 0 Å². The van der Waals surface area contributed by atoms with Crippen molar-refractivity contribution in [2.24, 2.45) is 0 Å². The SMILES string of the molecule is Fc1cc(-c2cnnc(Nc3ccnc(N4CCOCC4)n3)c2)ccc1OC(F)F. The van der Waals surface area contributed by atoms with Crippen molar-refractivity contribution in [3.05, 3.63) is 48.5 Å². The van der Waals surface area contributed by atoms with E-state index in [2.05, 4.69) is 30.2 Å². The van der Waals surface area contributed by atoms with E-state index in [9.17, 15) is 13.2 Å². The zero-order chi connectivity index (χ0) is 20.9. The molecule has 11 heteroatoms. The second-order valence-corrected chi connectivity index (χ2v) is 6.32. The number of anilines is 3. The fraction of sp³-hybridized carbons (Fsp3) is 0.263. The fourth-order valence-corrected chi connectivity index (χ4v) is 2.92. The summed E-state index contributed by atoms with van der Waals surface area (Å²) in [6.07, 6.45) is 3.07. The van der Waals surface area contributed by atoms with E-state index in [-0.39, 0.29) is 0 Å². The molecule has 1 aliphatic heterocycles. The summed E-state index contributed by atoms with van der Waals surface area (Å²) in [7, 11) is 0. The van der Waals surface area contributed by atoms with Gasteiger partial charge in [0.1, 0.15) is 5.82 Å². The van der Waals surface area contributed by atoms with Crippen molar-refractivity contribution in [1.29, 1.82) is 0 Å². The molecule has 4 rings (SSSR count). The summed E-state index contributed by atoms with van der Waals surface area (Å²) in [5.74, 6) is 0.0529. The van der Waals surface area contributed by atoms with Crippen molar-refractivity contribution < 1.29 is 22.6 Å². The van der Waals surface area contributed by atoms with Crippen LogP contribution in [-0.2, 0) is 4.74 Å². The highest BCUT2D eigenvalue weighted by Gasteiger charge is 2.15. The largest absolute Gasteiger partial charge is 0.432 e. The molecule has 8 nitrogen and oxygen atoms in total. The summed E-state index contributed by atoms with van der Waals surface area (Å²) in [5.41, 5.74) is 0.973. The van der Waals surface area contributed by atoms with Gasteiger partial charge in [-0.25, -0.2) is 9.37 Å². The maximum atomic E-state index is 14.0. The topological polar surface area (TPSA) is 85.3 Å². The Hall–Kier alpha value is -3.47. The molecular formula is C19H17F3N6O2. The van der Waals surface area contributed by atoms with Gasteiger partial charge in [-0.05, 0) is 29.8 Å². The van der Waals surface area contributed by atoms with Gasteiger partial charge >= 0.3 is 6.61 Å². The van der Waals surface area contributed by atoms with Crippen LogP contribution in [0.3, 0.4) is 0 Å². The maximum absolute atomic E-state index is 14.0. The van der Waals surface area contributed by atoms with E-state index < -0.39 is 18.2 Å². The normalized spacial score (nSPS) is 14.1. The van der Waals surface area contributed by atoms with Crippen molar-refractivity contribution in [3.8, 4) is 16.9 Å². The molecule has 0 spiro atoms. The van der Waals surface area contributed by atoms with Crippen molar-refractivity contribution in [1.82, 2.24) is 20.2 Å². The van der Waals surface area contributed by atoms with Gasteiger partial charge < -0.3 is 19.7 Å². The number of alkyl halides is 2. The Balaban J connectivity index is 1.52. The molecule has 156 valence electrons. The Morgan fingerprint density at radius 1 is 1.07 bits per heavy atom. The van der Waals surface area contributed by atoms with Crippen molar-refractivity contribution in [2.45, 2.75) is 6.61 Å². The molecule has 3 aromatic rings. The first kappa shape index (κ1) is 19.8. The predicted molar refractivity (Wildman–Crippen MR) is 102 cm³/mol. The van der Waals surface area contributed by atoms with Crippen LogP contribution in [0.15, 0.2) is 42.7 Å². The summed E-state index contributed by atoms with van der Waals surface area (Å²) in [5, 5.41) is 11.0. The molecule has 2 aromatic heterocycles. The third kappa shape index (κ3) is 4.74. The van der Waals surface area contributed by atoms with E-state index in [0.717, 1.165) is 12.1 Å². The number of nitrogens with one attached hydrogen (secondary N) is 1. The Bertz CT molecular complexity index is 1020. The second kappa shape index (κ2) is 8.91. The van der Waals surface area contributed by atoms with Crippen LogP contribution in [0.25, 0.3) is 11.1 Å². The second-order valence-electron chi connectivity index (χ2n) is 6.32. The van der Waals surface area contributed by atoms with E-state index in [0.29, 0.717) is 55.0 Å². The number of morpholine rings is 1. The van der Waals surface area contributed by atoms with E-state index >= 15 is 0 Å². The maximum Gasteiger partial charge on any atom is 0.387 e. The molecule has 0 radical (unpaired) electrons. The summed E-state index contributed by atoms with van der Waals surface area (Å²) >= 11 is 0. The number of halogens is 3. The van der Waals surface area contributed by atoms with Crippen LogP contribution < -0.4 is 15.0 Å². The van der Waals surface area contributed by atoms with Gasteiger partial charge in [0, 0.05) is 24.8 Å². The van der Waals surface area contributed by atoms with Crippen LogP contribution in [0.5, 0.6) is 5.75 Å². The summed E-state index contributed by atoms with van der Waals surface area (Å²) in [4.78, 5) is 10.8. The number of benzene rings is 1. The number of nitrogens with zero attached hydrogens (tertiary/aromatic N) is 5. The first-order valence-electron chi connectivity index (χ1n) is 9.09. The first-order chi connectivity index (χ1) is 14.6. The molecule has 0 aliphatic carbocycles. The van der Waals surface area contributed by atoms with Gasteiger partial charge in [0.15, 0.2) is 17.4 Å². The average molecular weight is 418 g/mol. The number of rotatable bonds is 6. The zero-order valence-corrected chi connectivity index (χ0v) is 15.6. The Kier molecular flexibility index (Phi) is 5.89. The molecule has 1 saturated heterocycles. The third-order valence-corrected chi connectivity index (χ3v) is 4.33. The van der Waals surface area contributed by atoms with Crippen molar-refractivity contribution in [2.75, 3.05) is 36.5 Å². The molecule has 0 atom stereocenters. The molecular weight excluding hydrogens is 401 g/mol. The smallest absolute Gasteiger partial charge is 0.387 e. The van der Waals surface area contributed by atoms with Crippen LogP contribution in [0, 0.1) is 5.82 Å². The first-order valence-corrected chi connectivity index (χ1v) is 9.09. The van der Waals surface area contributed by atoms with Crippen molar-refractivity contribution >= 4 is 17.6 Å². The van der Waals surface area contributed by atoms with Gasteiger partial charge in [-0.2, -0.15) is 18.9 Å². The lowest BCUT2D eigenvalue weighted by Gasteiger charge is -2.26. The van der Waals surface area contributed by atoms with Crippen LogP contribution >= 0.6 is 0 Å². The Labute approximate surface area is 169 Å². The Morgan fingerprint density at radius 3 is 2.67 bits per heavy atom.